The molecule has 3 aromatic rings. The molecule has 1 fully saturated rings. The second kappa shape index (κ2) is 7.76. The monoisotopic (exact) mass is 386 g/mol. The molecule has 1 amide bonds. The summed E-state index contributed by atoms with van der Waals surface area (Å²) in [6.07, 6.45) is 0.658. The van der Waals surface area contributed by atoms with Crippen molar-refractivity contribution in [3.8, 4) is 17.6 Å². The highest BCUT2D eigenvalue weighted by Crippen LogP contribution is 2.48. The first kappa shape index (κ1) is 18.7. The number of hydrogen-bond acceptors (Lipinski definition) is 3. The minimum Gasteiger partial charge on any atom is -0.457 e. The number of nitrogens with zero attached hydrogens (tertiary/aromatic N) is 1. The second-order valence-electron chi connectivity index (χ2n) is 7.17. The van der Waals surface area contributed by atoms with E-state index in [2.05, 4.69) is 11.4 Å². The first-order chi connectivity index (χ1) is 14.0. The minimum atomic E-state index is -0.256. The Balaban J connectivity index is 1.40. The molecule has 1 aliphatic rings. The average molecular weight is 386 g/mol. The summed E-state index contributed by atoms with van der Waals surface area (Å²) in [6, 6.07) is 21.0. The predicted octanol–water partition coefficient (Wildman–Crippen LogP) is 5.54. The summed E-state index contributed by atoms with van der Waals surface area (Å²) in [7, 11) is 0. The van der Waals surface area contributed by atoms with Crippen LogP contribution in [0.3, 0.4) is 0 Å². The van der Waals surface area contributed by atoms with Gasteiger partial charge in [0.25, 0.3) is 0 Å². The van der Waals surface area contributed by atoms with Crippen molar-refractivity contribution < 1.29 is 13.9 Å². The molecule has 29 heavy (non-hydrogen) atoms. The summed E-state index contributed by atoms with van der Waals surface area (Å²) < 4.78 is 19.7. The first-order valence-electron chi connectivity index (χ1n) is 9.39. The number of amides is 1. The fourth-order valence-corrected chi connectivity index (χ4v) is 3.40. The molecule has 5 heteroatoms. The molecular formula is C24H19FN2O2. The van der Waals surface area contributed by atoms with E-state index >= 15 is 0 Å². The Morgan fingerprint density at radius 3 is 2.52 bits per heavy atom. The van der Waals surface area contributed by atoms with Crippen LogP contribution in [0.4, 0.5) is 10.1 Å². The van der Waals surface area contributed by atoms with Gasteiger partial charge in [-0.15, -0.1) is 0 Å². The highest BCUT2D eigenvalue weighted by atomic mass is 19.1. The first-order valence-corrected chi connectivity index (χ1v) is 9.39. The van der Waals surface area contributed by atoms with Gasteiger partial charge in [-0.05, 0) is 78.9 Å². The largest absolute Gasteiger partial charge is 0.457 e. The van der Waals surface area contributed by atoms with Crippen LogP contribution in [0.5, 0.6) is 11.5 Å². The van der Waals surface area contributed by atoms with E-state index in [0.29, 0.717) is 34.7 Å². The van der Waals surface area contributed by atoms with Gasteiger partial charge in [-0.2, -0.15) is 5.26 Å². The number of carbonyl (C=O) groups excluding carboxylic acids is 1. The molecule has 0 bridgehead atoms. The maximum Gasteiger partial charge on any atom is 0.228 e. The van der Waals surface area contributed by atoms with Crippen molar-refractivity contribution >= 4 is 11.6 Å². The van der Waals surface area contributed by atoms with Gasteiger partial charge in [0.05, 0.1) is 11.6 Å². The van der Waals surface area contributed by atoms with Crippen molar-refractivity contribution in [3.63, 3.8) is 0 Å². The topological polar surface area (TPSA) is 62.1 Å². The summed E-state index contributed by atoms with van der Waals surface area (Å²) in [6.45, 7) is 1.89. The van der Waals surface area contributed by atoms with Gasteiger partial charge < -0.3 is 10.1 Å². The van der Waals surface area contributed by atoms with Crippen LogP contribution in [-0.4, -0.2) is 5.91 Å². The zero-order valence-electron chi connectivity index (χ0n) is 15.9. The lowest BCUT2D eigenvalue weighted by Crippen LogP contribution is -2.15. The molecule has 144 valence electrons. The number of carbonyl (C=O) groups is 1. The third-order valence-electron chi connectivity index (χ3n) is 5.11. The van der Waals surface area contributed by atoms with Crippen LogP contribution in [0.2, 0.25) is 0 Å². The van der Waals surface area contributed by atoms with Gasteiger partial charge >= 0.3 is 0 Å². The van der Waals surface area contributed by atoms with Gasteiger partial charge in [0.1, 0.15) is 17.3 Å². The van der Waals surface area contributed by atoms with Gasteiger partial charge in [0.2, 0.25) is 5.91 Å². The summed E-state index contributed by atoms with van der Waals surface area (Å²) in [5.41, 5.74) is 2.75. The van der Waals surface area contributed by atoms with Crippen LogP contribution >= 0.6 is 0 Å². The van der Waals surface area contributed by atoms with Crippen LogP contribution < -0.4 is 10.1 Å². The molecule has 3 aromatic carbocycles. The third kappa shape index (κ3) is 4.12. The van der Waals surface area contributed by atoms with Crippen molar-refractivity contribution in [1.29, 1.82) is 5.26 Å². The zero-order chi connectivity index (χ0) is 20.4. The molecule has 0 heterocycles. The van der Waals surface area contributed by atoms with Gasteiger partial charge in [0, 0.05) is 11.6 Å². The number of ether oxygens (including phenoxy) is 1. The van der Waals surface area contributed by atoms with Gasteiger partial charge in [0.15, 0.2) is 0 Å². The van der Waals surface area contributed by atoms with Crippen LogP contribution in [-0.2, 0) is 4.79 Å². The number of rotatable bonds is 5. The lowest BCUT2D eigenvalue weighted by Gasteiger charge is -2.11. The molecule has 0 aliphatic heterocycles. The molecular weight excluding hydrogens is 367 g/mol. The van der Waals surface area contributed by atoms with Crippen LogP contribution in [0.25, 0.3) is 0 Å². The molecule has 0 spiro atoms. The van der Waals surface area contributed by atoms with Crippen molar-refractivity contribution in [2.45, 2.75) is 19.3 Å². The smallest absolute Gasteiger partial charge is 0.228 e. The van der Waals surface area contributed by atoms with E-state index in [1.807, 2.05) is 13.0 Å². The van der Waals surface area contributed by atoms with Crippen molar-refractivity contribution in [1.82, 2.24) is 0 Å². The average Bonchev–Trinajstić information content (AvgIpc) is 3.52. The molecule has 2 unspecified atom stereocenters. The SMILES string of the molecule is Cc1cc(Oc2ccc(C#N)cc2)ccc1NC(=O)C1CC1c1ccccc1F. The Kier molecular flexibility index (Phi) is 5.01. The molecule has 1 aliphatic carbocycles. The van der Waals surface area contributed by atoms with Crippen LogP contribution in [0.1, 0.15) is 29.0 Å². The molecule has 4 nitrogen and oxygen atoms in total. The van der Waals surface area contributed by atoms with Crippen LogP contribution in [0, 0.1) is 30.0 Å². The number of aryl methyl sites for hydroxylation is 1. The number of nitriles is 1. The van der Waals surface area contributed by atoms with Gasteiger partial charge in [-0.1, -0.05) is 18.2 Å². The highest BCUT2D eigenvalue weighted by molar-refractivity contribution is 5.96. The number of anilines is 1. The molecule has 2 atom stereocenters. The summed E-state index contributed by atoms with van der Waals surface area (Å²) in [5, 5.41) is 11.8. The summed E-state index contributed by atoms with van der Waals surface area (Å²) in [5.74, 6) is 0.651. The highest BCUT2D eigenvalue weighted by Gasteiger charge is 2.45. The maximum atomic E-state index is 13.9. The molecule has 0 radical (unpaired) electrons. The fourth-order valence-electron chi connectivity index (χ4n) is 3.40. The number of hydrogen-bond donors (Lipinski definition) is 1. The molecule has 0 aromatic heterocycles. The molecule has 0 saturated heterocycles. The summed E-state index contributed by atoms with van der Waals surface area (Å²) >= 11 is 0. The fraction of sp³-hybridized carbons (Fsp3) is 0.167. The van der Waals surface area contributed by atoms with Crippen molar-refractivity contribution in [2.24, 2.45) is 5.92 Å². The van der Waals surface area contributed by atoms with E-state index < -0.39 is 0 Å². The molecule has 1 N–H and O–H groups in total. The normalized spacial score (nSPS) is 17.3. The molecule has 1 saturated carbocycles. The van der Waals surface area contributed by atoms with Crippen molar-refractivity contribution in [3.05, 3.63) is 89.2 Å². The Hall–Kier alpha value is -3.65. The van der Waals surface area contributed by atoms with Crippen molar-refractivity contribution in [2.75, 3.05) is 5.32 Å². The van der Waals surface area contributed by atoms with E-state index in [4.69, 9.17) is 10.00 Å². The number of nitrogens with one attached hydrogen (secondary N) is 1. The van der Waals surface area contributed by atoms with E-state index in [9.17, 15) is 9.18 Å². The predicted molar refractivity (Wildman–Crippen MR) is 108 cm³/mol. The van der Waals surface area contributed by atoms with Gasteiger partial charge in [-0.25, -0.2) is 4.39 Å². The number of benzene rings is 3. The minimum absolute atomic E-state index is 0.0597. The lowest BCUT2D eigenvalue weighted by atomic mass is 10.1. The lowest BCUT2D eigenvalue weighted by molar-refractivity contribution is -0.117. The summed E-state index contributed by atoms with van der Waals surface area (Å²) in [4.78, 5) is 12.6. The van der Waals surface area contributed by atoms with E-state index in [-0.39, 0.29) is 23.6 Å². The van der Waals surface area contributed by atoms with E-state index in [1.165, 1.54) is 6.07 Å². The Bertz CT molecular complexity index is 1100. The standard InChI is InChI=1S/C24H19FN2O2/c1-15-12-18(29-17-8-6-16(14-26)7-9-17)10-11-23(15)27-24(28)21-13-20(21)19-4-2-3-5-22(19)25/h2-12,20-21H,13H2,1H3,(H,27,28). The third-order valence-corrected chi connectivity index (χ3v) is 5.11. The number of halogens is 1. The Morgan fingerprint density at radius 1 is 1.10 bits per heavy atom. The molecule has 4 rings (SSSR count). The maximum absolute atomic E-state index is 13.9. The van der Waals surface area contributed by atoms with E-state index in [1.54, 1.807) is 54.6 Å². The quantitative estimate of drug-likeness (QED) is 0.626. The van der Waals surface area contributed by atoms with Crippen LogP contribution in [0.15, 0.2) is 66.7 Å². The zero-order valence-corrected chi connectivity index (χ0v) is 15.9. The Morgan fingerprint density at radius 2 is 1.83 bits per heavy atom. The Labute approximate surface area is 168 Å². The second-order valence-corrected chi connectivity index (χ2v) is 7.17. The van der Waals surface area contributed by atoms with Gasteiger partial charge in [-0.3, -0.25) is 4.79 Å². The van der Waals surface area contributed by atoms with E-state index in [0.717, 1.165) is 5.56 Å².